The lowest BCUT2D eigenvalue weighted by atomic mass is 10.1. The third kappa shape index (κ3) is 3.81. The Morgan fingerprint density at radius 3 is 2.62 bits per heavy atom. The van der Waals surface area contributed by atoms with Crippen molar-refractivity contribution in [3.8, 4) is 6.07 Å². The smallest absolute Gasteiger partial charge is 0.270 e. The van der Waals surface area contributed by atoms with Crippen LogP contribution in [0, 0.1) is 21.4 Å². The molecule has 1 amide bonds. The van der Waals surface area contributed by atoms with Crippen molar-refractivity contribution in [2.45, 2.75) is 18.9 Å². The molecule has 0 unspecified atom stereocenters. The van der Waals surface area contributed by atoms with E-state index in [2.05, 4.69) is 10.2 Å². The summed E-state index contributed by atoms with van der Waals surface area (Å²) in [5, 5.41) is 23.1. The van der Waals surface area contributed by atoms with Gasteiger partial charge in [0.2, 0.25) is 5.91 Å². The fourth-order valence-corrected chi connectivity index (χ4v) is 2.85. The highest BCUT2D eigenvalue weighted by Gasteiger charge is 2.26. The molecule has 1 N–H and O–H groups in total. The largest absolute Gasteiger partial charge is 0.368 e. The SMILES string of the molecule is N#Cc1cc([N+](=O)[O-])ccc1N1CCN(CC(=O)NC2CC2)CC1. The van der Waals surface area contributed by atoms with Gasteiger partial charge in [0.05, 0.1) is 22.7 Å². The predicted molar refractivity (Wildman–Crippen MR) is 87.6 cm³/mol. The van der Waals surface area contributed by atoms with Gasteiger partial charge in [-0.15, -0.1) is 0 Å². The topological polar surface area (TPSA) is 103 Å². The highest BCUT2D eigenvalue weighted by Crippen LogP contribution is 2.26. The van der Waals surface area contributed by atoms with Gasteiger partial charge in [0, 0.05) is 44.4 Å². The molecule has 1 heterocycles. The Kier molecular flexibility index (Phi) is 4.62. The maximum atomic E-state index is 11.8. The molecule has 0 bridgehead atoms. The molecule has 0 spiro atoms. The molecule has 1 aliphatic carbocycles. The molecule has 126 valence electrons. The second-order valence-electron chi connectivity index (χ2n) is 6.18. The molecular weight excluding hydrogens is 310 g/mol. The summed E-state index contributed by atoms with van der Waals surface area (Å²) in [5.74, 6) is 0.0685. The molecule has 0 aromatic heterocycles. The number of nitrogens with zero attached hydrogens (tertiary/aromatic N) is 4. The lowest BCUT2D eigenvalue weighted by molar-refractivity contribution is -0.384. The molecule has 1 aliphatic heterocycles. The zero-order chi connectivity index (χ0) is 17.1. The van der Waals surface area contributed by atoms with E-state index in [-0.39, 0.29) is 11.6 Å². The number of carbonyl (C=O) groups excluding carboxylic acids is 1. The first-order valence-corrected chi connectivity index (χ1v) is 8.02. The van der Waals surface area contributed by atoms with Crippen LogP contribution in [0.3, 0.4) is 0 Å². The summed E-state index contributed by atoms with van der Waals surface area (Å²) in [5.41, 5.74) is 0.944. The number of carbonyl (C=O) groups is 1. The summed E-state index contributed by atoms with van der Waals surface area (Å²) in [6.07, 6.45) is 2.16. The molecule has 1 saturated heterocycles. The van der Waals surface area contributed by atoms with Crippen LogP contribution in [0.25, 0.3) is 0 Å². The first-order valence-electron chi connectivity index (χ1n) is 8.02. The first kappa shape index (κ1) is 16.2. The molecular formula is C16H19N5O3. The normalized spacial score (nSPS) is 18.0. The number of hydrogen-bond acceptors (Lipinski definition) is 6. The van der Waals surface area contributed by atoms with Crippen LogP contribution in [0.5, 0.6) is 0 Å². The molecule has 8 heteroatoms. The molecule has 0 atom stereocenters. The number of nitro groups is 1. The van der Waals surface area contributed by atoms with Gasteiger partial charge in [-0.05, 0) is 18.9 Å². The van der Waals surface area contributed by atoms with Gasteiger partial charge in [-0.1, -0.05) is 0 Å². The number of piperazine rings is 1. The van der Waals surface area contributed by atoms with Crippen LogP contribution in [0.4, 0.5) is 11.4 Å². The van der Waals surface area contributed by atoms with Crippen molar-refractivity contribution in [3.05, 3.63) is 33.9 Å². The zero-order valence-corrected chi connectivity index (χ0v) is 13.3. The monoisotopic (exact) mass is 329 g/mol. The minimum Gasteiger partial charge on any atom is -0.368 e. The number of benzene rings is 1. The highest BCUT2D eigenvalue weighted by molar-refractivity contribution is 5.78. The summed E-state index contributed by atoms with van der Waals surface area (Å²) < 4.78 is 0. The molecule has 2 aliphatic rings. The van der Waals surface area contributed by atoms with Crippen molar-refractivity contribution in [3.63, 3.8) is 0 Å². The molecule has 2 fully saturated rings. The van der Waals surface area contributed by atoms with E-state index < -0.39 is 4.92 Å². The standard InChI is InChI=1S/C16H19N5O3/c17-10-12-9-14(21(23)24)3-4-15(12)20-7-5-19(6-8-20)11-16(22)18-13-1-2-13/h3-4,9,13H,1-2,5-8,11H2,(H,18,22). The van der Waals surface area contributed by atoms with Gasteiger partial charge in [-0.2, -0.15) is 5.26 Å². The van der Waals surface area contributed by atoms with Crippen LogP contribution in [-0.4, -0.2) is 54.5 Å². The van der Waals surface area contributed by atoms with E-state index in [1.54, 1.807) is 6.07 Å². The Labute approximate surface area is 139 Å². The van der Waals surface area contributed by atoms with Crippen LogP contribution in [0.1, 0.15) is 18.4 Å². The van der Waals surface area contributed by atoms with Gasteiger partial charge >= 0.3 is 0 Å². The van der Waals surface area contributed by atoms with Gasteiger partial charge in [0.15, 0.2) is 0 Å². The summed E-state index contributed by atoms with van der Waals surface area (Å²) >= 11 is 0. The molecule has 1 saturated carbocycles. The van der Waals surface area contributed by atoms with Crippen molar-refractivity contribution < 1.29 is 9.72 Å². The van der Waals surface area contributed by atoms with Crippen molar-refractivity contribution >= 4 is 17.3 Å². The number of rotatable bonds is 5. The first-order chi connectivity index (χ1) is 11.6. The molecule has 8 nitrogen and oxygen atoms in total. The minimum atomic E-state index is -0.499. The minimum absolute atomic E-state index is 0.0685. The Morgan fingerprint density at radius 1 is 1.33 bits per heavy atom. The number of amides is 1. The number of nitro benzene ring substituents is 1. The van der Waals surface area contributed by atoms with Gasteiger partial charge in [0.1, 0.15) is 6.07 Å². The molecule has 1 aromatic carbocycles. The number of hydrogen-bond donors (Lipinski definition) is 1. The Balaban J connectivity index is 1.59. The number of anilines is 1. The second-order valence-corrected chi connectivity index (χ2v) is 6.18. The maximum Gasteiger partial charge on any atom is 0.270 e. The van der Waals surface area contributed by atoms with Crippen LogP contribution < -0.4 is 10.2 Å². The van der Waals surface area contributed by atoms with Crippen molar-refractivity contribution in [1.82, 2.24) is 10.2 Å². The fourth-order valence-electron chi connectivity index (χ4n) is 2.85. The Hall–Kier alpha value is -2.66. The molecule has 0 radical (unpaired) electrons. The van der Waals surface area contributed by atoms with Crippen LogP contribution >= 0.6 is 0 Å². The second kappa shape index (κ2) is 6.84. The van der Waals surface area contributed by atoms with E-state index in [1.165, 1.54) is 12.1 Å². The van der Waals surface area contributed by atoms with E-state index in [0.29, 0.717) is 36.9 Å². The summed E-state index contributed by atoms with van der Waals surface area (Å²) in [6, 6.07) is 6.77. The van der Waals surface area contributed by atoms with Crippen molar-refractivity contribution in [2.75, 3.05) is 37.6 Å². The van der Waals surface area contributed by atoms with Crippen LogP contribution in [0.15, 0.2) is 18.2 Å². The molecule has 1 aromatic rings. The van der Waals surface area contributed by atoms with E-state index in [1.807, 2.05) is 11.0 Å². The van der Waals surface area contributed by atoms with E-state index in [4.69, 9.17) is 0 Å². The quantitative estimate of drug-likeness (QED) is 0.635. The van der Waals surface area contributed by atoms with Crippen molar-refractivity contribution in [2.24, 2.45) is 0 Å². The molecule has 24 heavy (non-hydrogen) atoms. The average molecular weight is 329 g/mol. The van der Waals surface area contributed by atoms with E-state index >= 15 is 0 Å². The van der Waals surface area contributed by atoms with Crippen LogP contribution in [-0.2, 0) is 4.79 Å². The third-order valence-corrected chi connectivity index (χ3v) is 4.33. The lowest BCUT2D eigenvalue weighted by Crippen LogP contribution is -2.49. The zero-order valence-electron chi connectivity index (χ0n) is 13.3. The lowest BCUT2D eigenvalue weighted by Gasteiger charge is -2.36. The highest BCUT2D eigenvalue weighted by atomic mass is 16.6. The van der Waals surface area contributed by atoms with Gasteiger partial charge in [0.25, 0.3) is 5.69 Å². The summed E-state index contributed by atoms with van der Waals surface area (Å²) in [7, 11) is 0. The van der Waals surface area contributed by atoms with Gasteiger partial charge < -0.3 is 10.2 Å². The Bertz CT molecular complexity index is 687. The average Bonchev–Trinajstić information content (AvgIpc) is 3.38. The van der Waals surface area contributed by atoms with E-state index in [0.717, 1.165) is 25.9 Å². The van der Waals surface area contributed by atoms with Crippen molar-refractivity contribution in [1.29, 1.82) is 5.26 Å². The summed E-state index contributed by atoms with van der Waals surface area (Å²) in [6.45, 7) is 3.21. The summed E-state index contributed by atoms with van der Waals surface area (Å²) in [4.78, 5) is 26.3. The molecule has 3 rings (SSSR count). The number of nitriles is 1. The maximum absolute atomic E-state index is 11.8. The van der Waals surface area contributed by atoms with Gasteiger partial charge in [-0.3, -0.25) is 19.8 Å². The Morgan fingerprint density at radius 2 is 2.04 bits per heavy atom. The van der Waals surface area contributed by atoms with Crippen LogP contribution in [0.2, 0.25) is 0 Å². The fraction of sp³-hybridized carbons (Fsp3) is 0.500. The van der Waals surface area contributed by atoms with E-state index in [9.17, 15) is 20.2 Å². The number of nitrogens with one attached hydrogen (secondary N) is 1. The number of non-ortho nitro benzene ring substituents is 1. The van der Waals surface area contributed by atoms with Gasteiger partial charge in [-0.25, -0.2) is 0 Å². The third-order valence-electron chi connectivity index (χ3n) is 4.33. The predicted octanol–water partition coefficient (Wildman–Crippen LogP) is 0.867.